The summed E-state index contributed by atoms with van der Waals surface area (Å²) in [5.74, 6) is 1.69. The Kier molecular flexibility index (Phi) is 2.79. The zero-order chi connectivity index (χ0) is 9.26. The number of rotatable bonds is 2. The van der Waals surface area contributed by atoms with E-state index in [9.17, 15) is 4.79 Å². The lowest BCUT2D eigenvalue weighted by atomic mass is 10.1. The molecule has 2 fully saturated rings. The predicted octanol–water partition coefficient (Wildman–Crippen LogP) is 0.170. The lowest BCUT2D eigenvalue weighted by Gasteiger charge is -2.22. The number of nitrogens with one attached hydrogen (secondary N) is 1. The van der Waals surface area contributed by atoms with E-state index in [-0.39, 0.29) is 0 Å². The van der Waals surface area contributed by atoms with Gasteiger partial charge in [0.15, 0.2) is 0 Å². The second kappa shape index (κ2) is 3.88. The SMILES string of the molecule is CSCC(=O)N1CCC2CNCC21. The van der Waals surface area contributed by atoms with Gasteiger partial charge < -0.3 is 10.2 Å². The average Bonchev–Trinajstić information content (AvgIpc) is 2.62. The molecular weight excluding hydrogens is 184 g/mol. The largest absolute Gasteiger partial charge is 0.337 e. The molecule has 2 aliphatic heterocycles. The van der Waals surface area contributed by atoms with E-state index in [1.807, 2.05) is 6.26 Å². The smallest absolute Gasteiger partial charge is 0.232 e. The average molecular weight is 200 g/mol. The lowest BCUT2D eigenvalue weighted by molar-refractivity contribution is -0.129. The standard InChI is InChI=1S/C9H16N2OS/c1-13-6-9(12)11-3-2-7-4-10-5-8(7)11/h7-8,10H,2-6H2,1H3. The van der Waals surface area contributed by atoms with Gasteiger partial charge in [0.1, 0.15) is 0 Å². The highest BCUT2D eigenvalue weighted by molar-refractivity contribution is 7.99. The Morgan fingerprint density at radius 3 is 3.23 bits per heavy atom. The van der Waals surface area contributed by atoms with Gasteiger partial charge in [0.2, 0.25) is 5.91 Å². The van der Waals surface area contributed by atoms with Crippen molar-refractivity contribution < 1.29 is 4.79 Å². The second-order valence-corrected chi connectivity index (χ2v) is 4.66. The Morgan fingerprint density at radius 1 is 1.62 bits per heavy atom. The van der Waals surface area contributed by atoms with Crippen molar-refractivity contribution >= 4 is 17.7 Å². The maximum Gasteiger partial charge on any atom is 0.232 e. The van der Waals surface area contributed by atoms with E-state index in [0.29, 0.717) is 17.7 Å². The van der Waals surface area contributed by atoms with Crippen LogP contribution in [0, 0.1) is 5.92 Å². The normalized spacial score (nSPS) is 32.2. The molecule has 0 bridgehead atoms. The van der Waals surface area contributed by atoms with Crippen molar-refractivity contribution in [2.45, 2.75) is 12.5 Å². The van der Waals surface area contributed by atoms with E-state index in [1.165, 1.54) is 6.42 Å². The van der Waals surface area contributed by atoms with Crippen LogP contribution in [0.3, 0.4) is 0 Å². The van der Waals surface area contributed by atoms with Gasteiger partial charge in [-0.2, -0.15) is 11.8 Å². The minimum atomic E-state index is 0.323. The molecule has 0 radical (unpaired) electrons. The van der Waals surface area contributed by atoms with Crippen LogP contribution in [-0.2, 0) is 4.79 Å². The van der Waals surface area contributed by atoms with Crippen LogP contribution in [0.1, 0.15) is 6.42 Å². The van der Waals surface area contributed by atoms with E-state index in [0.717, 1.165) is 25.6 Å². The van der Waals surface area contributed by atoms with Gasteiger partial charge in [-0.3, -0.25) is 4.79 Å². The molecule has 1 amide bonds. The monoisotopic (exact) mass is 200 g/mol. The Balaban J connectivity index is 1.96. The summed E-state index contributed by atoms with van der Waals surface area (Å²) < 4.78 is 0. The molecule has 0 aromatic rings. The third-order valence-corrected chi connectivity index (χ3v) is 3.57. The highest BCUT2D eigenvalue weighted by Crippen LogP contribution is 2.27. The molecule has 2 aliphatic rings. The van der Waals surface area contributed by atoms with Crippen molar-refractivity contribution in [3.05, 3.63) is 0 Å². The fourth-order valence-corrected chi connectivity index (χ4v) is 2.78. The van der Waals surface area contributed by atoms with Gasteiger partial charge in [-0.1, -0.05) is 0 Å². The van der Waals surface area contributed by atoms with Crippen molar-refractivity contribution in [2.75, 3.05) is 31.6 Å². The number of likely N-dealkylation sites (tertiary alicyclic amines) is 1. The Hall–Kier alpha value is -0.220. The number of carbonyl (C=O) groups excluding carboxylic acids is 1. The molecule has 0 aliphatic carbocycles. The fourth-order valence-electron chi connectivity index (χ4n) is 2.37. The first-order valence-electron chi connectivity index (χ1n) is 4.82. The molecule has 2 saturated heterocycles. The minimum absolute atomic E-state index is 0.323. The van der Waals surface area contributed by atoms with Gasteiger partial charge in [-0.05, 0) is 18.6 Å². The van der Waals surface area contributed by atoms with Gasteiger partial charge in [-0.25, -0.2) is 0 Å². The van der Waals surface area contributed by atoms with Crippen LogP contribution in [0.15, 0.2) is 0 Å². The predicted molar refractivity (Wildman–Crippen MR) is 54.9 cm³/mol. The summed E-state index contributed by atoms with van der Waals surface area (Å²) in [7, 11) is 0. The van der Waals surface area contributed by atoms with Crippen molar-refractivity contribution in [1.82, 2.24) is 10.2 Å². The van der Waals surface area contributed by atoms with E-state index < -0.39 is 0 Å². The quantitative estimate of drug-likeness (QED) is 0.689. The Morgan fingerprint density at radius 2 is 2.46 bits per heavy atom. The first-order valence-corrected chi connectivity index (χ1v) is 6.21. The summed E-state index contributed by atoms with van der Waals surface area (Å²) >= 11 is 1.62. The van der Waals surface area contributed by atoms with Gasteiger partial charge in [0, 0.05) is 25.7 Å². The van der Waals surface area contributed by atoms with Gasteiger partial charge in [0.25, 0.3) is 0 Å². The zero-order valence-electron chi connectivity index (χ0n) is 7.95. The Bertz CT molecular complexity index is 210. The van der Waals surface area contributed by atoms with E-state index in [1.54, 1.807) is 11.8 Å². The number of fused-ring (bicyclic) bond motifs is 1. The molecule has 2 atom stereocenters. The number of hydrogen-bond acceptors (Lipinski definition) is 3. The van der Waals surface area contributed by atoms with Crippen LogP contribution in [-0.4, -0.2) is 48.5 Å². The number of thioether (sulfide) groups is 1. The third-order valence-electron chi connectivity index (χ3n) is 3.03. The van der Waals surface area contributed by atoms with Crippen LogP contribution < -0.4 is 5.32 Å². The molecule has 0 saturated carbocycles. The highest BCUT2D eigenvalue weighted by Gasteiger charge is 2.39. The summed E-state index contributed by atoms with van der Waals surface area (Å²) in [6.07, 6.45) is 3.18. The number of nitrogens with zero attached hydrogens (tertiary/aromatic N) is 1. The molecule has 2 unspecified atom stereocenters. The molecule has 2 rings (SSSR count). The van der Waals surface area contributed by atoms with Crippen LogP contribution >= 0.6 is 11.8 Å². The summed E-state index contributed by atoms with van der Waals surface area (Å²) in [6.45, 7) is 3.09. The molecule has 4 heteroatoms. The first-order chi connectivity index (χ1) is 6.33. The summed E-state index contributed by atoms with van der Waals surface area (Å²) in [5, 5.41) is 3.35. The van der Waals surface area contributed by atoms with Crippen molar-refractivity contribution in [3.8, 4) is 0 Å². The summed E-state index contributed by atoms with van der Waals surface area (Å²) in [5.41, 5.74) is 0. The minimum Gasteiger partial charge on any atom is -0.337 e. The molecule has 0 aromatic heterocycles. The third kappa shape index (κ3) is 1.70. The summed E-state index contributed by atoms with van der Waals surface area (Å²) in [4.78, 5) is 13.7. The molecule has 13 heavy (non-hydrogen) atoms. The van der Waals surface area contributed by atoms with Crippen LogP contribution in [0.5, 0.6) is 0 Å². The van der Waals surface area contributed by atoms with E-state index >= 15 is 0 Å². The first kappa shape index (κ1) is 9.34. The maximum atomic E-state index is 11.7. The molecule has 2 heterocycles. The summed E-state index contributed by atoms with van der Waals surface area (Å²) in [6, 6.07) is 0.500. The number of amides is 1. The molecule has 1 N–H and O–H groups in total. The lowest BCUT2D eigenvalue weighted by Crippen LogP contribution is -2.40. The molecule has 0 aromatic carbocycles. The second-order valence-electron chi connectivity index (χ2n) is 3.79. The molecule has 3 nitrogen and oxygen atoms in total. The maximum absolute atomic E-state index is 11.7. The fraction of sp³-hybridized carbons (Fsp3) is 0.889. The van der Waals surface area contributed by atoms with Crippen LogP contribution in [0.25, 0.3) is 0 Å². The van der Waals surface area contributed by atoms with Crippen molar-refractivity contribution in [1.29, 1.82) is 0 Å². The molecular formula is C9H16N2OS. The van der Waals surface area contributed by atoms with Crippen molar-refractivity contribution in [2.24, 2.45) is 5.92 Å². The van der Waals surface area contributed by atoms with E-state index in [4.69, 9.17) is 0 Å². The number of carbonyl (C=O) groups is 1. The van der Waals surface area contributed by atoms with Gasteiger partial charge >= 0.3 is 0 Å². The van der Waals surface area contributed by atoms with Crippen LogP contribution in [0.2, 0.25) is 0 Å². The number of hydrogen-bond donors (Lipinski definition) is 1. The van der Waals surface area contributed by atoms with Gasteiger partial charge in [0.05, 0.1) is 5.75 Å². The van der Waals surface area contributed by atoms with Gasteiger partial charge in [-0.15, -0.1) is 0 Å². The molecule has 0 spiro atoms. The highest BCUT2D eigenvalue weighted by atomic mass is 32.2. The molecule has 74 valence electrons. The van der Waals surface area contributed by atoms with E-state index in [2.05, 4.69) is 10.2 Å². The Labute approximate surface area is 83.2 Å². The topological polar surface area (TPSA) is 32.3 Å². The van der Waals surface area contributed by atoms with Crippen molar-refractivity contribution in [3.63, 3.8) is 0 Å². The zero-order valence-corrected chi connectivity index (χ0v) is 8.77. The van der Waals surface area contributed by atoms with Crippen LogP contribution in [0.4, 0.5) is 0 Å².